The van der Waals surface area contributed by atoms with Crippen LogP contribution in [0.15, 0.2) is 24.3 Å². The number of anilines is 1. The lowest BCUT2D eigenvalue weighted by Crippen LogP contribution is -2.32. The predicted octanol–water partition coefficient (Wildman–Crippen LogP) is 2.35. The second kappa shape index (κ2) is 11.0. The number of likely N-dealkylation sites (N-methyl/N-ethyl adjacent to an activating group) is 1. The third-order valence-corrected chi connectivity index (χ3v) is 3.44. The van der Waals surface area contributed by atoms with Crippen molar-refractivity contribution in [1.82, 2.24) is 10.2 Å². The highest BCUT2D eigenvalue weighted by Crippen LogP contribution is 2.15. The summed E-state index contributed by atoms with van der Waals surface area (Å²) in [5, 5.41) is 6.16. The summed E-state index contributed by atoms with van der Waals surface area (Å²) in [4.78, 5) is 13.3. The van der Waals surface area contributed by atoms with E-state index in [-0.39, 0.29) is 5.91 Å². The van der Waals surface area contributed by atoms with Crippen LogP contribution in [0.5, 0.6) is 5.75 Å². The maximum absolute atomic E-state index is 10.9. The molecule has 1 aromatic carbocycles. The van der Waals surface area contributed by atoms with Crippen LogP contribution in [0.1, 0.15) is 27.2 Å². The van der Waals surface area contributed by atoms with E-state index in [1.807, 2.05) is 24.3 Å². The van der Waals surface area contributed by atoms with E-state index in [1.165, 1.54) is 6.92 Å². The van der Waals surface area contributed by atoms with Gasteiger partial charge in [-0.2, -0.15) is 0 Å². The second-order valence-electron chi connectivity index (χ2n) is 5.18. The van der Waals surface area contributed by atoms with Crippen molar-refractivity contribution in [2.75, 3.05) is 44.6 Å². The fourth-order valence-electron chi connectivity index (χ4n) is 2.13. The van der Waals surface area contributed by atoms with Crippen LogP contribution >= 0.6 is 0 Å². The summed E-state index contributed by atoms with van der Waals surface area (Å²) in [6.07, 6.45) is 0.978. The smallest absolute Gasteiger partial charge is 0.221 e. The SMILES string of the molecule is CCN(CC)CCNCCCOc1ccc(NC(C)=O)cc1. The molecule has 1 rings (SSSR count). The Morgan fingerprint density at radius 1 is 1.14 bits per heavy atom. The van der Waals surface area contributed by atoms with Gasteiger partial charge in [-0.25, -0.2) is 0 Å². The molecular weight excluding hydrogens is 278 g/mol. The molecule has 0 aromatic heterocycles. The summed E-state index contributed by atoms with van der Waals surface area (Å²) >= 11 is 0. The van der Waals surface area contributed by atoms with Crippen LogP contribution in [-0.2, 0) is 4.79 Å². The van der Waals surface area contributed by atoms with E-state index in [0.717, 1.165) is 50.6 Å². The summed E-state index contributed by atoms with van der Waals surface area (Å²) in [6.45, 7) is 11.9. The Bertz CT molecular complexity index is 416. The number of rotatable bonds is 11. The molecule has 0 bridgehead atoms. The first-order valence-electron chi connectivity index (χ1n) is 8.09. The van der Waals surface area contributed by atoms with Crippen LogP contribution < -0.4 is 15.4 Å². The average Bonchev–Trinajstić information content (AvgIpc) is 2.51. The van der Waals surface area contributed by atoms with Gasteiger partial charge in [0.1, 0.15) is 5.75 Å². The van der Waals surface area contributed by atoms with Gasteiger partial charge in [0, 0.05) is 25.7 Å². The van der Waals surface area contributed by atoms with Gasteiger partial charge in [0.25, 0.3) is 0 Å². The molecule has 22 heavy (non-hydrogen) atoms. The highest BCUT2D eigenvalue weighted by atomic mass is 16.5. The van der Waals surface area contributed by atoms with E-state index in [9.17, 15) is 4.79 Å². The highest BCUT2D eigenvalue weighted by molar-refractivity contribution is 5.88. The lowest BCUT2D eigenvalue weighted by atomic mass is 10.3. The average molecular weight is 307 g/mol. The van der Waals surface area contributed by atoms with Crippen molar-refractivity contribution in [2.45, 2.75) is 27.2 Å². The van der Waals surface area contributed by atoms with Crippen LogP contribution in [0.2, 0.25) is 0 Å². The summed E-state index contributed by atoms with van der Waals surface area (Å²) in [7, 11) is 0. The molecule has 0 saturated heterocycles. The van der Waals surface area contributed by atoms with Crippen molar-refractivity contribution in [2.24, 2.45) is 0 Å². The summed E-state index contributed by atoms with van der Waals surface area (Å²) in [6, 6.07) is 7.44. The van der Waals surface area contributed by atoms with Gasteiger partial charge in [0.2, 0.25) is 5.91 Å². The molecule has 0 spiro atoms. The molecule has 1 aromatic rings. The minimum Gasteiger partial charge on any atom is -0.494 e. The number of ether oxygens (including phenoxy) is 1. The molecule has 0 unspecified atom stereocenters. The van der Waals surface area contributed by atoms with Crippen molar-refractivity contribution in [3.05, 3.63) is 24.3 Å². The molecule has 0 heterocycles. The fourth-order valence-corrected chi connectivity index (χ4v) is 2.13. The van der Waals surface area contributed by atoms with Gasteiger partial charge < -0.3 is 20.3 Å². The highest BCUT2D eigenvalue weighted by Gasteiger charge is 1.99. The third kappa shape index (κ3) is 8.00. The molecule has 0 aliphatic carbocycles. The van der Waals surface area contributed by atoms with Crippen LogP contribution in [0.4, 0.5) is 5.69 Å². The van der Waals surface area contributed by atoms with Gasteiger partial charge in [-0.3, -0.25) is 4.79 Å². The fraction of sp³-hybridized carbons (Fsp3) is 0.588. The Morgan fingerprint density at radius 3 is 2.41 bits per heavy atom. The molecule has 0 fully saturated rings. The quantitative estimate of drug-likeness (QED) is 0.616. The van der Waals surface area contributed by atoms with E-state index in [1.54, 1.807) is 0 Å². The molecule has 0 atom stereocenters. The zero-order chi connectivity index (χ0) is 16.2. The molecule has 2 N–H and O–H groups in total. The lowest BCUT2D eigenvalue weighted by Gasteiger charge is -2.17. The van der Waals surface area contributed by atoms with E-state index >= 15 is 0 Å². The number of nitrogens with zero attached hydrogens (tertiary/aromatic N) is 1. The molecule has 0 aliphatic rings. The normalized spacial score (nSPS) is 10.7. The summed E-state index contributed by atoms with van der Waals surface area (Å²) in [5.74, 6) is 0.765. The van der Waals surface area contributed by atoms with Gasteiger partial charge in [-0.05, 0) is 50.3 Å². The van der Waals surface area contributed by atoms with E-state index in [0.29, 0.717) is 6.61 Å². The van der Waals surface area contributed by atoms with Crippen molar-refractivity contribution in [1.29, 1.82) is 0 Å². The third-order valence-electron chi connectivity index (χ3n) is 3.44. The minimum absolute atomic E-state index is 0.0653. The molecule has 0 aliphatic heterocycles. The lowest BCUT2D eigenvalue weighted by molar-refractivity contribution is -0.114. The molecule has 124 valence electrons. The van der Waals surface area contributed by atoms with Crippen LogP contribution in [0.3, 0.4) is 0 Å². The number of carbonyl (C=O) groups excluding carboxylic acids is 1. The Hall–Kier alpha value is -1.59. The van der Waals surface area contributed by atoms with Crippen molar-refractivity contribution in [3.63, 3.8) is 0 Å². The number of nitrogens with one attached hydrogen (secondary N) is 2. The minimum atomic E-state index is -0.0653. The molecule has 5 heteroatoms. The topological polar surface area (TPSA) is 53.6 Å². The van der Waals surface area contributed by atoms with Crippen molar-refractivity contribution >= 4 is 11.6 Å². The van der Waals surface area contributed by atoms with E-state index in [2.05, 4.69) is 29.4 Å². The van der Waals surface area contributed by atoms with Crippen molar-refractivity contribution < 1.29 is 9.53 Å². The second-order valence-corrected chi connectivity index (χ2v) is 5.18. The molecule has 0 saturated carbocycles. The molecule has 0 radical (unpaired) electrons. The maximum atomic E-state index is 10.9. The zero-order valence-corrected chi connectivity index (χ0v) is 14.0. The van der Waals surface area contributed by atoms with Crippen LogP contribution in [0, 0.1) is 0 Å². The standard InChI is InChI=1S/C17H29N3O2/c1-4-20(5-2)13-12-18-11-6-14-22-17-9-7-16(8-10-17)19-15(3)21/h7-10,18H,4-6,11-14H2,1-3H3,(H,19,21). The van der Waals surface area contributed by atoms with E-state index < -0.39 is 0 Å². The van der Waals surface area contributed by atoms with Gasteiger partial charge in [0.15, 0.2) is 0 Å². The molecule has 5 nitrogen and oxygen atoms in total. The first-order chi connectivity index (χ1) is 10.7. The number of hydrogen-bond donors (Lipinski definition) is 2. The van der Waals surface area contributed by atoms with Gasteiger partial charge in [-0.15, -0.1) is 0 Å². The van der Waals surface area contributed by atoms with Gasteiger partial charge in [-0.1, -0.05) is 13.8 Å². The predicted molar refractivity (Wildman–Crippen MR) is 91.5 cm³/mol. The summed E-state index contributed by atoms with van der Waals surface area (Å²) in [5.41, 5.74) is 0.790. The zero-order valence-electron chi connectivity index (χ0n) is 14.0. The number of amides is 1. The monoisotopic (exact) mass is 307 g/mol. The van der Waals surface area contributed by atoms with Gasteiger partial charge >= 0.3 is 0 Å². The Balaban J connectivity index is 2.08. The van der Waals surface area contributed by atoms with Crippen LogP contribution in [-0.4, -0.2) is 50.1 Å². The number of carbonyl (C=O) groups is 1. The van der Waals surface area contributed by atoms with E-state index in [4.69, 9.17) is 4.74 Å². The van der Waals surface area contributed by atoms with Gasteiger partial charge in [0.05, 0.1) is 6.61 Å². The largest absolute Gasteiger partial charge is 0.494 e. The molecular formula is C17H29N3O2. The first kappa shape index (κ1) is 18.5. The first-order valence-corrected chi connectivity index (χ1v) is 8.09. The Morgan fingerprint density at radius 2 is 1.82 bits per heavy atom. The summed E-state index contributed by atoms with van der Waals surface area (Å²) < 4.78 is 5.67. The number of hydrogen-bond acceptors (Lipinski definition) is 4. The maximum Gasteiger partial charge on any atom is 0.221 e. The Kier molecular flexibility index (Phi) is 9.26. The molecule has 1 amide bonds. The number of benzene rings is 1. The van der Waals surface area contributed by atoms with Crippen LogP contribution in [0.25, 0.3) is 0 Å². The Labute approximate surface area is 134 Å². The van der Waals surface area contributed by atoms with Crippen molar-refractivity contribution in [3.8, 4) is 5.75 Å².